The molecular weight excluding hydrogens is 424 g/mol. The number of amides is 2. The smallest absolute Gasteiger partial charge is 0.308 e. The standard InChI is InChI=1S/C20H11ClF4N4O/c21-16-10-27-9-15(14(16)8-26)11-1-4-13(5-2-11)28-19(30)29-18-7-12(20(23,24)25)3-6-17(18)22/h1-7,9-10H,(H2,28,29,30). The van der Waals surface area contributed by atoms with Crippen molar-refractivity contribution in [2.75, 3.05) is 10.6 Å². The maximum absolute atomic E-state index is 13.7. The van der Waals surface area contributed by atoms with Gasteiger partial charge in [0.25, 0.3) is 0 Å². The molecule has 0 aliphatic heterocycles. The molecule has 0 aliphatic rings. The maximum Gasteiger partial charge on any atom is 0.416 e. The number of pyridine rings is 1. The van der Waals surface area contributed by atoms with Gasteiger partial charge in [-0.15, -0.1) is 0 Å². The number of nitrogens with zero attached hydrogens (tertiary/aromatic N) is 2. The Morgan fingerprint density at radius 2 is 1.77 bits per heavy atom. The summed E-state index contributed by atoms with van der Waals surface area (Å²) in [6.07, 6.45) is -1.86. The van der Waals surface area contributed by atoms with Gasteiger partial charge < -0.3 is 10.6 Å². The molecule has 0 aliphatic carbocycles. The second kappa shape index (κ2) is 8.39. The number of nitriles is 1. The minimum Gasteiger partial charge on any atom is -0.308 e. The molecule has 0 fully saturated rings. The van der Waals surface area contributed by atoms with Gasteiger partial charge in [-0.25, -0.2) is 9.18 Å². The minimum atomic E-state index is -4.67. The van der Waals surface area contributed by atoms with Crippen molar-refractivity contribution in [2.24, 2.45) is 0 Å². The second-order valence-corrected chi connectivity index (χ2v) is 6.41. The first-order chi connectivity index (χ1) is 14.2. The van der Waals surface area contributed by atoms with Crippen molar-refractivity contribution in [3.8, 4) is 17.2 Å². The Morgan fingerprint density at radius 1 is 1.07 bits per heavy atom. The van der Waals surface area contributed by atoms with E-state index < -0.39 is 29.3 Å². The quantitative estimate of drug-likeness (QED) is 0.491. The van der Waals surface area contributed by atoms with Crippen LogP contribution >= 0.6 is 11.6 Å². The van der Waals surface area contributed by atoms with Gasteiger partial charge in [0.05, 0.1) is 21.8 Å². The van der Waals surface area contributed by atoms with Crippen LogP contribution in [0.5, 0.6) is 0 Å². The zero-order chi connectivity index (χ0) is 21.9. The molecule has 3 aromatic rings. The number of nitrogens with one attached hydrogen (secondary N) is 2. The normalized spacial score (nSPS) is 10.9. The topological polar surface area (TPSA) is 77.8 Å². The zero-order valence-electron chi connectivity index (χ0n) is 14.9. The summed E-state index contributed by atoms with van der Waals surface area (Å²) in [5, 5.41) is 13.9. The number of halogens is 5. The second-order valence-electron chi connectivity index (χ2n) is 6.00. The van der Waals surface area contributed by atoms with Gasteiger partial charge in [0.15, 0.2) is 0 Å². The average molecular weight is 435 g/mol. The van der Waals surface area contributed by atoms with Crippen molar-refractivity contribution in [3.63, 3.8) is 0 Å². The Hall–Kier alpha value is -3.64. The molecule has 2 amide bonds. The third kappa shape index (κ3) is 4.67. The third-order valence-electron chi connectivity index (χ3n) is 4.01. The van der Waals surface area contributed by atoms with Crippen molar-refractivity contribution < 1.29 is 22.4 Å². The Labute approximate surface area is 172 Å². The highest BCUT2D eigenvalue weighted by molar-refractivity contribution is 6.32. The molecule has 30 heavy (non-hydrogen) atoms. The Morgan fingerprint density at radius 3 is 2.40 bits per heavy atom. The molecule has 10 heteroatoms. The Kier molecular flexibility index (Phi) is 5.89. The molecule has 0 radical (unpaired) electrons. The summed E-state index contributed by atoms with van der Waals surface area (Å²) in [4.78, 5) is 16.0. The van der Waals surface area contributed by atoms with Crippen LogP contribution in [0.15, 0.2) is 54.9 Å². The van der Waals surface area contributed by atoms with Crippen molar-refractivity contribution >= 4 is 29.0 Å². The highest BCUT2D eigenvalue weighted by Gasteiger charge is 2.31. The van der Waals surface area contributed by atoms with E-state index in [2.05, 4.69) is 10.3 Å². The van der Waals surface area contributed by atoms with Gasteiger partial charge in [-0.1, -0.05) is 23.7 Å². The Bertz CT molecular complexity index is 1140. The number of urea groups is 1. The van der Waals surface area contributed by atoms with E-state index in [0.717, 1.165) is 0 Å². The fourth-order valence-corrected chi connectivity index (χ4v) is 2.78. The fraction of sp³-hybridized carbons (Fsp3) is 0.0500. The summed E-state index contributed by atoms with van der Waals surface area (Å²) in [5.41, 5.74) is -0.0691. The van der Waals surface area contributed by atoms with Gasteiger partial charge >= 0.3 is 12.2 Å². The monoisotopic (exact) mass is 434 g/mol. The predicted molar refractivity (Wildman–Crippen MR) is 103 cm³/mol. The lowest BCUT2D eigenvalue weighted by molar-refractivity contribution is -0.137. The first kappa shape index (κ1) is 21.1. The van der Waals surface area contributed by atoms with E-state index in [1.54, 1.807) is 12.1 Å². The SMILES string of the molecule is N#Cc1c(Cl)cncc1-c1ccc(NC(=O)Nc2cc(C(F)(F)F)ccc2F)cc1. The molecule has 0 bridgehead atoms. The fourth-order valence-electron chi connectivity index (χ4n) is 2.58. The molecule has 152 valence electrons. The van der Waals surface area contributed by atoms with E-state index in [1.807, 2.05) is 11.4 Å². The van der Waals surface area contributed by atoms with E-state index in [1.165, 1.54) is 24.5 Å². The molecule has 5 nitrogen and oxygen atoms in total. The average Bonchev–Trinajstić information content (AvgIpc) is 2.69. The minimum absolute atomic E-state index is 0.194. The number of benzene rings is 2. The van der Waals surface area contributed by atoms with Crippen molar-refractivity contribution in [1.29, 1.82) is 5.26 Å². The van der Waals surface area contributed by atoms with Crippen LogP contribution in [0.3, 0.4) is 0 Å². The zero-order valence-corrected chi connectivity index (χ0v) is 15.6. The summed E-state index contributed by atoms with van der Waals surface area (Å²) >= 11 is 5.96. The maximum atomic E-state index is 13.7. The van der Waals surface area contributed by atoms with Crippen LogP contribution in [0.4, 0.5) is 33.7 Å². The van der Waals surface area contributed by atoms with Crippen LogP contribution in [-0.2, 0) is 6.18 Å². The van der Waals surface area contributed by atoms with Gasteiger partial charge in [-0.3, -0.25) is 4.98 Å². The molecule has 2 aromatic carbocycles. The van der Waals surface area contributed by atoms with E-state index in [-0.39, 0.29) is 16.3 Å². The van der Waals surface area contributed by atoms with Gasteiger partial charge in [-0.05, 0) is 35.9 Å². The van der Waals surface area contributed by atoms with Gasteiger partial charge in [0.2, 0.25) is 0 Å². The van der Waals surface area contributed by atoms with Gasteiger partial charge in [-0.2, -0.15) is 18.4 Å². The first-order valence-corrected chi connectivity index (χ1v) is 8.65. The van der Waals surface area contributed by atoms with Crippen LogP contribution in [0, 0.1) is 17.1 Å². The van der Waals surface area contributed by atoms with Crippen molar-refractivity contribution in [1.82, 2.24) is 4.98 Å². The number of carbonyl (C=O) groups is 1. The number of carbonyl (C=O) groups excluding carboxylic acids is 1. The number of hydrogen-bond acceptors (Lipinski definition) is 3. The van der Waals surface area contributed by atoms with E-state index in [9.17, 15) is 27.6 Å². The molecule has 0 spiro atoms. The Balaban J connectivity index is 1.75. The van der Waals surface area contributed by atoms with Crippen LogP contribution in [0.2, 0.25) is 5.02 Å². The molecular formula is C20H11ClF4N4O. The molecule has 1 heterocycles. The largest absolute Gasteiger partial charge is 0.416 e. The first-order valence-electron chi connectivity index (χ1n) is 8.28. The summed E-state index contributed by atoms with van der Waals surface area (Å²) < 4.78 is 52.0. The number of anilines is 2. The summed E-state index contributed by atoms with van der Waals surface area (Å²) in [6.45, 7) is 0. The summed E-state index contributed by atoms with van der Waals surface area (Å²) in [6, 6.07) is 8.96. The lowest BCUT2D eigenvalue weighted by Gasteiger charge is -2.12. The number of hydrogen-bond donors (Lipinski definition) is 2. The highest BCUT2D eigenvalue weighted by Crippen LogP contribution is 2.32. The van der Waals surface area contributed by atoms with Crippen LogP contribution in [-0.4, -0.2) is 11.0 Å². The van der Waals surface area contributed by atoms with E-state index in [4.69, 9.17) is 11.6 Å². The molecule has 0 saturated heterocycles. The van der Waals surface area contributed by atoms with E-state index in [0.29, 0.717) is 29.3 Å². The highest BCUT2D eigenvalue weighted by atomic mass is 35.5. The van der Waals surface area contributed by atoms with Crippen LogP contribution < -0.4 is 10.6 Å². The number of rotatable bonds is 3. The summed E-state index contributed by atoms with van der Waals surface area (Å²) in [5.74, 6) is -1.01. The van der Waals surface area contributed by atoms with Gasteiger partial charge in [0, 0.05) is 23.6 Å². The van der Waals surface area contributed by atoms with Crippen molar-refractivity contribution in [3.05, 3.63) is 76.8 Å². The lowest BCUT2D eigenvalue weighted by atomic mass is 10.0. The molecule has 1 aromatic heterocycles. The van der Waals surface area contributed by atoms with Crippen LogP contribution in [0.1, 0.15) is 11.1 Å². The molecule has 0 unspecified atom stereocenters. The van der Waals surface area contributed by atoms with Crippen molar-refractivity contribution in [2.45, 2.75) is 6.18 Å². The van der Waals surface area contributed by atoms with Gasteiger partial charge in [0.1, 0.15) is 11.9 Å². The molecule has 0 atom stereocenters. The summed E-state index contributed by atoms with van der Waals surface area (Å²) in [7, 11) is 0. The predicted octanol–water partition coefficient (Wildman–Crippen LogP) is 6.08. The molecule has 2 N–H and O–H groups in total. The number of aromatic nitrogens is 1. The molecule has 3 rings (SSSR count). The lowest BCUT2D eigenvalue weighted by Crippen LogP contribution is -2.20. The van der Waals surface area contributed by atoms with E-state index >= 15 is 0 Å². The number of alkyl halides is 3. The third-order valence-corrected chi connectivity index (χ3v) is 4.29. The van der Waals surface area contributed by atoms with Crippen LogP contribution in [0.25, 0.3) is 11.1 Å². The molecule has 0 saturated carbocycles.